The molecule has 0 bridgehead atoms. The monoisotopic (exact) mass is 659 g/mol. The number of rotatable bonds is 9. The van der Waals surface area contributed by atoms with Crippen molar-refractivity contribution in [3.63, 3.8) is 0 Å². The summed E-state index contributed by atoms with van der Waals surface area (Å²) in [5, 5.41) is 0. The van der Waals surface area contributed by atoms with Crippen LogP contribution in [-0.2, 0) is 16.8 Å². The molecule has 8 heteroatoms. The summed E-state index contributed by atoms with van der Waals surface area (Å²) in [6.45, 7) is 7.79. The number of carbonyl (C=O) groups excluding carboxylic acids is 1. The van der Waals surface area contributed by atoms with Crippen LogP contribution in [0.15, 0.2) is 71.6 Å². The second-order valence-electron chi connectivity index (χ2n) is 9.76. The third kappa shape index (κ3) is 7.09. The number of amides is 1. The van der Waals surface area contributed by atoms with E-state index in [-0.39, 0.29) is 11.3 Å². The van der Waals surface area contributed by atoms with E-state index in [1.165, 1.54) is 17.3 Å². The lowest BCUT2D eigenvalue weighted by Crippen LogP contribution is -2.27. The number of carbonyl (C=O) groups is 1. The van der Waals surface area contributed by atoms with Crippen LogP contribution in [0.4, 0.5) is 0 Å². The lowest BCUT2D eigenvalue weighted by atomic mass is 9.87. The number of thioether (sulfide) groups is 1. The maximum atomic E-state index is 13.1. The minimum Gasteiger partial charge on any atom is -0.493 e. The molecule has 1 saturated heterocycles. The van der Waals surface area contributed by atoms with E-state index in [0.29, 0.717) is 40.5 Å². The Morgan fingerprint density at radius 2 is 1.68 bits per heavy atom. The molecule has 0 atom stereocenters. The summed E-state index contributed by atoms with van der Waals surface area (Å²) in [7, 11) is 1.61. The van der Waals surface area contributed by atoms with Gasteiger partial charge in [-0.05, 0) is 75.0 Å². The molecule has 198 valence electrons. The molecule has 1 heterocycles. The van der Waals surface area contributed by atoms with Gasteiger partial charge in [-0.25, -0.2) is 0 Å². The van der Waals surface area contributed by atoms with Crippen molar-refractivity contribution >= 4 is 62.9 Å². The van der Waals surface area contributed by atoms with Crippen LogP contribution in [-0.4, -0.2) is 35.5 Å². The van der Waals surface area contributed by atoms with Gasteiger partial charge in [0.1, 0.15) is 23.3 Å². The first-order chi connectivity index (χ1) is 18.2. The van der Waals surface area contributed by atoms with E-state index in [2.05, 4.69) is 55.5 Å². The van der Waals surface area contributed by atoms with Crippen LogP contribution < -0.4 is 14.2 Å². The highest BCUT2D eigenvalue weighted by molar-refractivity contribution is 14.1. The summed E-state index contributed by atoms with van der Waals surface area (Å²) < 4.78 is 18.9. The Balaban J connectivity index is 1.39. The molecule has 0 radical (unpaired) electrons. The Kier molecular flexibility index (Phi) is 9.38. The fraction of sp³-hybridized carbons (Fsp3) is 0.267. The number of hydrogen-bond donors (Lipinski definition) is 0. The molecule has 1 amide bonds. The van der Waals surface area contributed by atoms with E-state index >= 15 is 0 Å². The summed E-state index contributed by atoms with van der Waals surface area (Å²) in [5.74, 6) is 1.96. The number of halogens is 1. The maximum Gasteiger partial charge on any atom is 0.266 e. The molecule has 0 N–H and O–H groups in total. The molecule has 0 saturated carbocycles. The predicted octanol–water partition coefficient (Wildman–Crippen LogP) is 7.46. The lowest BCUT2D eigenvalue weighted by Gasteiger charge is -2.19. The van der Waals surface area contributed by atoms with Gasteiger partial charge in [-0.2, -0.15) is 0 Å². The topological polar surface area (TPSA) is 48.0 Å². The molecule has 5 nitrogen and oxygen atoms in total. The standard InChI is InChI=1S/C30H30INO4S2/c1-30(2,3)22-10-12-23(13-11-22)35-14-15-36-27-24(31)16-21(17-25(27)34-4)18-26-28(33)32(29(37)38-26)19-20-8-6-5-7-9-20/h5-13,16-18H,14-15,19H2,1-4H3/b26-18-. The van der Waals surface area contributed by atoms with Gasteiger partial charge in [-0.3, -0.25) is 9.69 Å². The van der Waals surface area contributed by atoms with E-state index in [9.17, 15) is 4.79 Å². The smallest absolute Gasteiger partial charge is 0.266 e. The normalized spacial score (nSPS) is 14.8. The summed E-state index contributed by atoms with van der Waals surface area (Å²) in [4.78, 5) is 15.3. The molecular formula is C30H30INO4S2. The van der Waals surface area contributed by atoms with Crippen LogP contribution in [0.1, 0.15) is 37.5 Å². The van der Waals surface area contributed by atoms with Gasteiger partial charge in [-0.15, -0.1) is 0 Å². The van der Waals surface area contributed by atoms with Gasteiger partial charge in [0.25, 0.3) is 5.91 Å². The third-order valence-electron chi connectivity index (χ3n) is 5.93. The molecule has 1 fully saturated rings. The van der Waals surface area contributed by atoms with Crippen molar-refractivity contribution in [3.05, 3.63) is 91.9 Å². The van der Waals surface area contributed by atoms with Crippen LogP contribution in [0, 0.1) is 3.57 Å². The first-order valence-electron chi connectivity index (χ1n) is 12.2. The van der Waals surface area contributed by atoms with Crippen molar-refractivity contribution < 1.29 is 19.0 Å². The largest absolute Gasteiger partial charge is 0.493 e. The molecule has 4 rings (SSSR count). The lowest BCUT2D eigenvalue weighted by molar-refractivity contribution is -0.122. The Morgan fingerprint density at radius 3 is 2.34 bits per heavy atom. The minimum atomic E-state index is -0.0918. The molecule has 0 unspecified atom stereocenters. The second kappa shape index (κ2) is 12.5. The molecule has 0 aliphatic carbocycles. The fourth-order valence-electron chi connectivity index (χ4n) is 3.87. The molecule has 3 aromatic carbocycles. The van der Waals surface area contributed by atoms with Crippen molar-refractivity contribution in [3.8, 4) is 17.2 Å². The molecule has 38 heavy (non-hydrogen) atoms. The maximum absolute atomic E-state index is 13.1. The molecule has 3 aromatic rings. The number of hydrogen-bond acceptors (Lipinski definition) is 6. The summed E-state index contributed by atoms with van der Waals surface area (Å²) in [6.07, 6.45) is 1.85. The van der Waals surface area contributed by atoms with Crippen molar-refractivity contribution in [1.29, 1.82) is 0 Å². The van der Waals surface area contributed by atoms with E-state index in [0.717, 1.165) is 20.4 Å². The zero-order chi connectivity index (χ0) is 27.3. The van der Waals surface area contributed by atoms with Gasteiger partial charge < -0.3 is 14.2 Å². The summed E-state index contributed by atoms with van der Waals surface area (Å²) >= 11 is 9.03. The average Bonchev–Trinajstić information content (AvgIpc) is 3.14. The molecular weight excluding hydrogens is 629 g/mol. The Labute approximate surface area is 247 Å². The number of ether oxygens (including phenoxy) is 3. The first-order valence-corrected chi connectivity index (χ1v) is 14.5. The van der Waals surface area contributed by atoms with E-state index < -0.39 is 0 Å². The Bertz CT molecular complexity index is 1330. The van der Waals surface area contributed by atoms with E-state index in [1.54, 1.807) is 12.0 Å². The number of nitrogens with zero attached hydrogens (tertiary/aromatic N) is 1. The Morgan fingerprint density at radius 1 is 1.00 bits per heavy atom. The van der Waals surface area contributed by atoms with Gasteiger partial charge in [0, 0.05) is 0 Å². The molecule has 1 aliphatic rings. The van der Waals surface area contributed by atoms with Gasteiger partial charge in [0.2, 0.25) is 0 Å². The van der Waals surface area contributed by atoms with Crippen LogP contribution in [0.3, 0.4) is 0 Å². The quantitative estimate of drug-likeness (QED) is 0.103. The summed E-state index contributed by atoms with van der Waals surface area (Å²) in [5.41, 5.74) is 3.25. The highest BCUT2D eigenvalue weighted by Crippen LogP contribution is 2.38. The zero-order valence-electron chi connectivity index (χ0n) is 21.8. The minimum absolute atomic E-state index is 0.0918. The zero-order valence-corrected chi connectivity index (χ0v) is 25.6. The Hall–Kier alpha value is -2.56. The van der Waals surface area contributed by atoms with Gasteiger partial charge in [-0.1, -0.05) is 87.2 Å². The predicted molar refractivity (Wildman–Crippen MR) is 167 cm³/mol. The van der Waals surface area contributed by atoms with Crippen LogP contribution in [0.25, 0.3) is 6.08 Å². The van der Waals surface area contributed by atoms with Gasteiger partial charge in [0.05, 0.1) is 22.1 Å². The SMILES string of the molecule is COc1cc(/C=C2\SC(=S)N(Cc3ccccc3)C2=O)cc(I)c1OCCOc1ccc(C(C)(C)C)cc1. The highest BCUT2D eigenvalue weighted by Gasteiger charge is 2.32. The number of benzene rings is 3. The highest BCUT2D eigenvalue weighted by atomic mass is 127. The first kappa shape index (κ1) is 28.4. The van der Waals surface area contributed by atoms with E-state index in [4.69, 9.17) is 26.4 Å². The third-order valence-corrected chi connectivity index (χ3v) is 8.10. The van der Waals surface area contributed by atoms with Crippen LogP contribution in [0.5, 0.6) is 17.2 Å². The van der Waals surface area contributed by atoms with Crippen LogP contribution >= 0.6 is 46.6 Å². The fourth-order valence-corrected chi connectivity index (χ4v) is 5.91. The molecule has 1 aliphatic heterocycles. The molecule has 0 aromatic heterocycles. The average molecular weight is 660 g/mol. The van der Waals surface area contributed by atoms with Crippen molar-refractivity contribution in [2.75, 3.05) is 20.3 Å². The number of thiocarbonyl (C=S) groups is 1. The van der Waals surface area contributed by atoms with Crippen molar-refractivity contribution in [2.24, 2.45) is 0 Å². The van der Waals surface area contributed by atoms with Crippen molar-refractivity contribution in [2.45, 2.75) is 32.7 Å². The van der Waals surface area contributed by atoms with Gasteiger partial charge >= 0.3 is 0 Å². The second-order valence-corrected chi connectivity index (χ2v) is 12.6. The van der Waals surface area contributed by atoms with E-state index in [1.807, 2.05) is 60.7 Å². The van der Waals surface area contributed by atoms with Crippen LogP contribution in [0.2, 0.25) is 0 Å². The molecule has 0 spiro atoms. The summed E-state index contributed by atoms with van der Waals surface area (Å²) in [6, 6.07) is 21.8. The number of methoxy groups -OCH3 is 1. The van der Waals surface area contributed by atoms with Crippen molar-refractivity contribution in [1.82, 2.24) is 4.90 Å². The van der Waals surface area contributed by atoms with Gasteiger partial charge in [0.15, 0.2) is 11.5 Å².